The van der Waals surface area contributed by atoms with Crippen LogP contribution in [0.5, 0.6) is 5.75 Å². The molecule has 2 rings (SSSR count). The second-order valence-corrected chi connectivity index (χ2v) is 3.78. The van der Waals surface area contributed by atoms with Gasteiger partial charge in [0.1, 0.15) is 5.75 Å². The third-order valence-corrected chi connectivity index (χ3v) is 2.33. The molecule has 6 heteroatoms. The Labute approximate surface area is 108 Å². The third kappa shape index (κ3) is 4.50. The Balaban J connectivity index is 1.92. The quantitative estimate of drug-likeness (QED) is 0.920. The number of halogens is 3. The number of ether oxygens (including phenoxy) is 1. The number of nitrogens with zero attached hydrogens (tertiary/aromatic N) is 1. The Kier molecular flexibility index (Phi) is 3.89. The van der Waals surface area contributed by atoms with Gasteiger partial charge in [-0.05, 0) is 42.0 Å². The SMILES string of the molecule is FC(F)(F)Oc1ccc(NCc2ccncc2)cc1. The van der Waals surface area contributed by atoms with Crippen molar-refractivity contribution in [2.75, 3.05) is 5.32 Å². The second-order valence-electron chi connectivity index (χ2n) is 3.78. The lowest BCUT2D eigenvalue weighted by atomic mass is 10.2. The van der Waals surface area contributed by atoms with E-state index in [-0.39, 0.29) is 5.75 Å². The van der Waals surface area contributed by atoms with Gasteiger partial charge in [0.2, 0.25) is 0 Å². The Morgan fingerprint density at radius 1 is 1.00 bits per heavy atom. The zero-order valence-electron chi connectivity index (χ0n) is 9.82. The summed E-state index contributed by atoms with van der Waals surface area (Å²) in [6.45, 7) is 0.571. The molecule has 0 saturated carbocycles. The van der Waals surface area contributed by atoms with E-state index in [9.17, 15) is 13.2 Å². The van der Waals surface area contributed by atoms with Gasteiger partial charge in [0.05, 0.1) is 0 Å². The Morgan fingerprint density at radius 2 is 1.63 bits per heavy atom. The van der Waals surface area contributed by atoms with Crippen molar-refractivity contribution >= 4 is 5.69 Å². The molecule has 3 nitrogen and oxygen atoms in total. The topological polar surface area (TPSA) is 34.1 Å². The Bertz CT molecular complexity index is 512. The zero-order valence-corrected chi connectivity index (χ0v) is 9.82. The van der Waals surface area contributed by atoms with Crippen molar-refractivity contribution < 1.29 is 17.9 Å². The van der Waals surface area contributed by atoms with Crippen LogP contribution in [0.15, 0.2) is 48.8 Å². The molecule has 1 heterocycles. The van der Waals surface area contributed by atoms with Gasteiger partial charge in [-0.3, -0.25) is 4.98 Å². The molecule has 2 aromatic rings. The van der Waals surface area contributed by atoms with E-state index in [1.165, 1.54) is 24.3 Å². The van der Waals surface area contributed by atoms with Gasteiger partial charge in [0, 0.05) is 24.6 Å². The van der Waals surface area contributed by atoms with E-state index in [0.29, 0.717) is 12.2 Å². The van der Waals surface area contributed by atoms with Crippen molar-refractivity contribution in [2.24, 2.45) is 0 Å². The van der Waals surface area contributed by atoms with Gasteiger partial charge in [-0.15, -0.1) is 13.2 Å². The van der Waals surface area contributed by atoms with Gasteiger partial charge in [-0.2, -0.15) is 0 Å². The third-order valence-electron chi connectivity index (χ3n) is 2.33. The van der Waals surface area contributed by atoms with Gasteiger partial charge >= 0.3 is 6.36 Å². The van der Waals surface area contributed by atoms with Crippen molar-refractivity contribution in [1.29, 1.82) is 0 Å². The van der Waals surface area contributed by atoms with Crippen LogP contribution < -0.4 is 10.1 Å². The predicted octanol–water partition coefficient (Wildman–Crippen LogP) is 3.59. The molecular weight excluding hydrogens is 257 g/mol. The molecule has 0 radical (unpaired) electrons. The predicted molar refractivity (Wildman–Crippen MR) is 64.7 cm³/mol. The van der Waals surface area contributed by atoms with Crippen molar-refractivity contribution in [3.05, 3.63) is 54.4 Å². The first-order chi connectivity index (χ1) is 9.03. The largest absolute Gasteiger partial charge is 0.573 e. The van der Waals surface area contributed by atoms with Crippen molar-refractivity contribution in [3.63, 3.8) is 0 Å². The van der Waals surface area contributed by atoms with Crippen LogP contribution >= 0.6 is 0 Å². The van der Waals surface area contributed by atoms with E-state index in [1.807, 2.05) is 12.1 Å². The van der Waals surface area contributed by atoms with Gasteiger partial charge < -0.3 is 10.1 Å². The number of benzene rings is 1. The molecule has 1 aromatic carbocycles. The minimum absolute atomic E-state index is 0.234. The summed E-state index contributed by atoms with van der Waals surface area (Å²) in [6.07, 6.45) is -1.31. The second kappa shape index (κ2) is 5.60. The van der Waals surface area contributed by atoms with Gasteiger partial charge in [0.15, 0.2) is 0 Å². The number of nitrogens with one attached hydrogen (secondary N) is 1. The molecule has 100 valence electrons. The number of hydrogen-bond acceptors (Lipinski definition) is 3. The molecule has 0 aliphatic heterocycles. The highest BCUT2D eigenvalue weighted by Crippen LogP contribution is 2.24. The molecule has 1 aromatic heterocycles. The maximum absolute atomic E-state index is 12.0. The highest BCUT2D eigenvalue weighted by atomic mass is 19.4. The first kappa shape index (κ1) is 13.2. The molecule has 19 heavy (non-hydrogen) atoms. The molecule has 0 aliphatic carbocycles. The first-order valence-electron chi connectivity index (χ1n) is 5.51. The Hall–Kier alpha value is -2.24. The number of anilines is 1. The summed E-state index contributed by atoms with van der Waals surface area (Å²) in [5.74, 6) is -0.234. The molecule has 0 spiro atoms. The summed E-state index contributed by atoms with van der Waals surface area (Å²) < 4.78 is 39.7. The molecule has 0 atom stereocenters. The smallest absolute Gasteiger partial charge is 0.406 e. The standard InChI is InChI=1S/C13H11F3N2O/c14-13(15,16)19-12-3-1-11(2-4-12)18-9-10-5-7-17-8-6-10/h1-8,18H,9H2. The van der Waals surface area contributed by atoms with Crippen molar-refractivity contribution in [2.45, 2.75) is 12.9 Å². The molecule has 0 unspecified atom stereocenters. The van der Waals surface area contributed by atoms with Crippen LogP contribution in [0.3, 0.4) is 0 Å². The molecule has 0 fully saturated rings. The normalized spacial score (nSPS) is 11.1. The lowest BCUT2D eigenvalue weighted by molar-refractivity contribution is -0.274. The van der Waals surface area contributed by atoms with Crippen LogP contribution in [-0.2, 0) is 6.54 Å². The van der Waals surface area contributed by atoms with Crippen LogP contribution in [0.25, 0.3) is 0 Å². The fraction of sp³-hybridized carbons (Fsp3) is 0.154. The lowest BCUT2D eigenvalue weighted by Crippen LogP contribution is -2.17. The molecule has 0 aliphatic rings. The molecule has 0 saturated heterocycles. The number of pyridine rings is 1. The summed E-state index contributed by atoms with van der Waals surface area (Å²) in [7, 11) is 0. The van der Waals surface area contributed by atoms with Crippen LogP contribution in [0.4, 0.5) is 18.9 Å². The summed E-state index contributed by atoms with van der Waals surface area (Å²) in [6, 6.07) is 9.30. The van der Waals surface area contributed by atoms with Crippen molar-refractivity contribution in [1.82, 2.24) is 4.98 Å². The summed E-state index contributed by atoms with van der Waals surface area (Å²) >= 11 is 0. The zero-order chi connectivity index (χ0) is 13.7. The molecular formula is C13H11F3N2O. The average molecular weight is 268 g/mol. The number of alkyl halides is 3. The highest BCUT2D eigenvalue weighted by Gasteiger charge is 2.30. The lowest BCUT2D eigenvalue weighted by Gasteiger charge is -2.10. The van der Waals surface area contributed by atoms with Crippen molar-refractivity contribution in [3.8, 4) is 5.75 Å². The number of aromatic nitrogens is 1. The summed E-state index contributed by atoms with van der Waals surface area (Å²) in [5.41, 5.74) is 1.75. The van der Waals surface area contributed by atoms with E-state index in [2.05, 4.69) is 15.0 Å². The van der Waals surface area contributed by atoms with Crippen LogP contribution in [-0.4, -0.2) is 11.3 Å². The maximum Gasteiger partial charge on any atom is 0.573 e. The maximum atomic E-state index is 12.0. The Morgan fingerprint density at radius 3 is 2.21 bits per heavy atom. The van der Waals surface area contributed by atoms with Gasteiger partial charge in [0.25, 0.3) is 0 Å². The van der Waals surface area contributed by atoms with E-state index in [4.69, 9.17) is 0 Å². The summed E-state index contributed by atoms with van der Waals surface area (Å²) in [4.78, 5) is 3.90. The summed E-state index contributed by atoms with van der Waals surface area (Å²) in [5, 5.41) is 3.09. The van der Waals surface area contributed by atoms with Gasteiger partial charge in [-0.1, -0.05) is 0 Å². The van der Waals surface area contributed by atoms with Gasteiger partial charge in [-0.25, -0.2) is 0 Å². The van der Waals surface area contributed by atoms with E-state index in [0.717, 1.165) is 5.56 Å². The van der Waals surface area contributed by atoms with Crippen LogP contribution in [0.1, 0.15) is 5.56 Å². The number of hydrogen-bond donors (Lipinski definition) is 1. The minimum atomic E-state index is -4.66. The fourth-order valence-corrected chi connectivity index (χ4v) is 1.48. The first-order valence-corrected chi connectivity index (χ1v) is 5.51. The van der Waals surface area contributed by atoms with E-state index >= 15 is 0 Å². The van der Waals surface area contributed by atoms with Crippen LogP contribution in [0, 0.1) is 0 Å². The average Bonchev–Trinajstić information content (AvgIpc) is 2.37. The van der Waals surface area contributed by atoms with Crippen LogP contribution in [0.2, 0.25) is 0 Å². The molecule has 0 bridgehead atoms. The van der Waals surface area contributed by atoms with E-state index in [1.54, 1.807) is 12.4 Å². The molecule has 0 amide bonds. The van der Waals surface area contributed by atoms with E-state index < -0.39 is 6.36 Å². The minimum Gasteiger partial charge on any atom is -0.406 e. The molecule has 1 N–H and O–H groups in total. The number of rotatable bonds is 4. The monoisotopic (exact) mass is 268 g/mol. The highest BCUT2D eigenvalue weighted by molar-refractivity contribution is 5.46. The fourth-order valence-electron chi connectivity index (χ4n) is 1.48.